The Morgan fingerprint density at radius 3 is 2.47 bits per heavy atom. The summed E-state index contributed by atoms with van der Waals surface area (Å²) in [6.07, 6.45) is 3.75. The second kappa shape index (κ2) is 10.6. The third-order valence-corrected chi connectivity index (χ3v) is 6.53. The van der Waals surface area contributed by atoms with Crippen molar-refractivity contribution >= 4 is 40.3 Å². The Bertz CT molecular complexity index is 924. The number of likely N-dealkylation sites (N-methyl/N-ethyl adjacent to an activating group) is 1. The van der Waals surface area contributed by atoms with Gasteiger partial charge >= 0.3 is 0 Å². The van der Waals surface area contributed by atoms with Gasteiger partial charge in [0.1, 0.15) is 15.8 Å². The first-order chi connectivity index (χ1) is 14.5. The summed E-state index contributed by atoms with van der Waals surface area (Å²) in [7, 11) is 1.70. The number of thiocarbonyl (C=S) groups is 1. The van der Waals surface area contributed by atoms with Crippen molar-refractivity contribution in [2.45, 2.75) is 32.6 Å². The fraction of sp³-hybridized carbons (Fsp3) is 0.333. The fourth-order valence-corrected chi connectivity index (χ4v) is 4.21. The zero-order valence-electron chi connectivity index (χ0n) is 17.6. The third kappa shape index (κ3) is 5.64. The number of benzene rings is 2. The molecule has 1 heterocycles. The van der Waals surface area contributed by atoms with E-state index < -0.39 is 0 Å². The van der Waals surface area contributed by atoms with Crippen LogP contribution in [0, 0.1) is 0 Å². The van der Waals surface area contributed by atoms with E-state index in [2.05, 4.69) is 26.0 Å². The molecule has 1 saturated heterocycles. The Morgan fingerprint density at radius 1 is 1.10 bits per heavy atom. The maximum atomic E-state index is 12.1. The molecule has 0 radical (unpaired) electrons. The van der Waals surface area contributed by atoms with Gasteiger partial charge in [0.25, 0.3) is 5.91 Å². The molecule has 3 rings (SSSR count). The van der Waals surface area contributed by atoms with Crippen LogP contribution >= 0.6 is 24.0 Å². The molecule has 1 aliphatic rings. The quantitative estimate of drug-likeness (QED) is 0.276. The van der Waals surface area contributed by atoms with E-state index in [4.69, 9.17) is 21.7 Å². The molecule has 1 aliphatic heterocycles. The summed E-state index contributed by atoms with van der Waals surface area (Å²) in [4.78, 5) is 14.2. The molecule has 1 amide bonds. The van der Waals surface area contributed by atoms with Gasteiger partial charge in [0.15, 0.2) is 0 Å². The first-order valence-corrected chi connectivity index (χ1v) is 11.4. The Kier molecular flexibility index (Phi) is 7.94. The smallest absolute Gasteiger partial charge is 0.265 e. The molecule has 0 aromatic heterocycles. The number of ether oxygens (including phenoxy) is 2. The average Bonchev–Trinajstić information content (AvgIpc) is 3.01. The lowest BCUT2D eigenvalue weighted by Gasteiger charge is -2.15. The molecule has 30 heavy (non-hydrogen) atoms. The summed E-state index contributed by atoms with van der Waals surface area (Å²) < 4.78 is 12.4. The summed E-state index contributed by atoms with van der Waals surface area (Å²) >= 11 is 6.48. The van der Waals surface area contributed by atoms with Crippen LogP contribution in [0.15, 0.2) is 53.4 Å². The Balaban J connectivity index is 1.45. The van der Waals surface area contributed by atoms with Crippen molar-refractivity contribution in [1.82, 2.24) is 4.90 Å². The summed E-state index contributed by atoms with van der Waals surface area (Å²) in [5.41, 5.74) is 2.21. The summed E-state index contributed by atoms with van der Waals surface area (Å²) in [5, 5.41) is 0. The van der Waals surface area contributed by atoms with Crippen LogP contribution in [-0.4, -0.2) is 35.4 Å². The largest absolute Gasteiger partial charge is 0.493 e. The number of rotatable bonds is 9. The standard InChI is InChI=1S/C24H27NO3S2/c1-4-17(2)20-8-5-6-9-21(20)28-15-7-14-27-19-12-10-18(11-13-19)16-22-23(26)25(3)24(29)30-22/h5-6,8-13,16-17H,4,7,14-15H2,1-3H3/b22-16+. The van der Waals surface area contributed by atoms with E-state index in [1.165, 1.54) is 22.2 Å². The van der Waals surface area contributed by atoms with Gasteiger partial charge in [-0.05, 0) is 47.7 Å². The van der Waals surface area contributed by atoms with Crippen molar-refractivity contribution in [2.75, 3.05) is 20.3 Å². The number of nitrogens with zero attached hydrogens (tertiary/aromatic N) is 1. The van der Waals surface area contributed by atoms with Crippen LogP contribution in [0.2, 0.25) is 0 Å². The molecule has 2 aromatic rings. The van der Waals surface area contributed by atoms with Crippen LogP contribution in [0.5, 0.6) is 11.5 Å². The molecule has 1 unspecified atom stereocenters. The van der Waals surface area contributed by atoms with Crippen LogP contribution in [0.25, 0.3) is 6.08 Å². The van der Waals surface area contributed by atoms with Gasteiger partial charge in [-0.1, -0.05) is 68.2 Å². The van der Waals surface area contributed by atoms with Crippen molar-refractivity contribution in [3.05, 3.63) is 64.6 Å². The highest BCUT2D eigenvalue weighted by atomic mass is 32.2. The van der Waals surface area contributed by atoms with Crippen molar-refractivity contribution in [1.29, 1.82) is 0 Å². The normalized spacial score (nSPS) is 16.2. The van der Waals surface area contributed by atoms with Crippen LogP contribution in [0.1, 0.15) is 43.7 Å². The summed E-state index contributed by atoms with van der Waals surface area (Å²) in [6.45, 7) is 5.61. The monoisotopic (exact) mass is 441 g/mol. The SMILES string of the molecule is CCC(C)c1ccccc1OCCCOc1ccc(/C=C2/SC(=S)N(C)C2=O)cc1. The van der Waals surface area contributed by atoms with Crippen molar-refractivity contribution in [2.24, 2.45) is 0 Å². The van der Waals surface area contributed by atoms with Gasteiger partial charge in [0.2, 0.25) is 0 Å². The highest BCUT2D eigenvalue weighted by Crippen LogP contribution is 2.31. The maximum absolute atomic E-state index is 12.1. The zero-order chi connectivity index (χ0) is 21.5. The average molecular weight is 442 g/mol. The minimum atomic E-state index is -0.0553. The number of hydrogen-bond acceptors (Lipinski definition) is 5. The van der Waals surface area contributed by atoms with Gasteiger partial charge in [-0.25, -0.2) is 0 Å². The molecule has 0 aliphatic carbocycles. The topological polar surface area (TPSA) is 38.8 Å². The van der Waals surface area contributed by atoms with E-state index in [1.54, 1.807) is 7.05 Å². The zero-order valence-corrected chi connectivity index (χ0v) is 19.2. The van der Waals surface area contributed by atoms with E-state index in [1.807, 2.05) is 42.5 Å². The molecule has 1 atom stereocenters. The van der Waals surface area contributed by atoms with Crippen LogP contribution in [0.3, 0.4) is 0 Å². The van der Waals surface area contributed by atoms with Crippen molar-refractivity contribution in [3.8, 4) is 11.5 Å². The van der Waals surface area contributed by atoms with Gasteiger partial charge in [-0.3, -0.25) is 9.69 Å². The van der Waals surface area contributed by atoms with Crippen LogP contribution < -0.4 is 9.47 Å². The number of para-hydroxylation sites is 1. The number of carbonyl (C=O) groups is 1. The molecule has 1 fully saturated rings. The van der Waals surface area contributed by atoms with E-state index >= 15 is 0 Å². The fourth-order valence-electron chi connectivity index (χ4n) is 3.03. The maximum Gasteiger partial charge on any atom is 0.265 e. The van der Waals surface area contributed by atoms with Gasteiger partial charge in [0, 0.05) is 13.5 Å². The predicted octanol–water partition coefficient (Wildman–Crippen LogP) is 5.88. The first-order valence-electron chi connectivity index (χ1n) is 10.2. The minimum Gasteiger partial charge on any atom is -0.493 e. The van der Waals surface area contributed by atoms with Crippen LogP contribution in [0.4, 0.5) is 0 Å². The molecule has 4 nitrogen and oxygen atoms in total. The van der Waals surface area contributed by atoms with Crippen LogP contribution in [-0.2, 0) is 4.79 Å². The minimum absolute atomic E-state index is 0.0553. The van der Waals surface area contributed by atoms with E-state index in [9.17, 15) is 4.79 Å². The molecular weight excluding hydrogens is 414 g/mol. The number of thioether (sulfide) groups is 1. The highest BCUT2D eigenvalue weighted by Gasteiger charge is 2.28. The molecule has 158 valence electrons. The molecule has 0 spiro atoms. The highest BCUT2D eigenvalue weighted by molar-refractivity contribution is 8.26. The van der Waals surface area contributed by atoms with Gasteiger partial charge in [-0.15, -0.1) is 0 Å². The lowest BCUT2D eigenvalue weighted by atomic mass is 9.98. The number of hydrogen-bond donors (Lipinski definition) is 0. The third-order valence-electron chi connectivity index (χ3n) is 5.04. The van der Waals surface area contributed by atoms with Gasteiger partial charge in [-0.2, -0.15) is 0 Å². The Labute approximate surface area is 188 Å². The predicted molar refractivity (Wildman–Crippen MR) is 128 cm³/mol. The molecule has 6 heteroatoms. The first kappa shape index (κ1) is 22.4. The Morgan fingerprint density at radius 2 is 1.80 bits per heavy atom. The molecule has 0 bridgehead atoms. The molecular formula is C24H27NO3S2. The lowest BCUT2D eigenvalue weighted by molar-refractivity contribution is -0.121. The van der Waals surface area contributed by atoms with Crippen molar-refractivity contribution in [3.63, 3.8) is 0 Å². The van der Waals surface area contributed by atoms with Crippen molar-refractivity contribution < 1.29 is 14.3 Å². The van der Waals surface area contributed by atoms with E-state index in [0.29, 0.717) is 28.4 Å². The van der Waals surface area contributed by atoms with E-state index in [0.717, 1.165) is 29.9 Å². The molecule has 0 N–H and O–H groups in total. The van der Waals surface area contributed by atoms with Gasteiger partial charge in [0.05, 0.1) is 18.1 Å². The van der Waals surface area contributed by atoms with Gasteiger partial charge < -0.3 is 9.47 Å². The summed E-state index contributed by atoms with van der Waals surface area (Å²) in [6, 6.07) is 16.0. The molecule has 2 aromatic carbocycles. The van der Waals surface area contributed by atoms with E-state index in [-0.39, 0.29) is 5.91 Å². The lowest BCUT2D eigenvalue weighted by Crippen LogP contribution is -2.22. The second-order valence-corrected chi connectivity index (χ2v) is 8.88. The molecule has 0 saturated carbocycles. The second-order valence-electron chi connectivity index (χ2n) is 7.21. The Hall–Kier alpha value is -2.31. The number of carbonyl (C=O) groups excluding carboxylic acids is 1. The number of amides is 1. The summed E-state index contributed by atoms with van der Waals surface area (Å²) in [5.74, 6) is 2.20.